The number of nitrogens with zero attached hydrogens (tertiary/aromatic N) is 3. The average molecular weight is 398 g/mol. The molecule has 29 heavy (non-hydrogen) atoms. The summed E-state index contributed by atoms with van der Waals surface area (Å²) in [5, 5.41) is 4.41. The Morgan fingerprint density at radius 3 is 2.59 bits per heavy atom. The Kier molecular flexibility index (Phi) is 4.96. The zero-order valence-electron chi connectivity index (χ0n) is 16.0. The Morgan fingerprint density at radius 1 is 1.14 bits per heavy atom. The zero-order chi connectivity index (χ0) is 20.5. The second-order valence-electron chi connectivity index (χ2n) is 7.25. The molecule has 2 amide bonds. The Labute approximate surface area is 167 Å². The topological polar surface area (TPSA) is 117 Å². The predicted octanol–water partition coefficient (Wildman–Crippen LogP) is 0.924. The number of piperidine rings is 1. The zero-order valence-corrected chi connectivity index (χ0v) is 16.0. The van der Waals surface area contributed by atoms with E-state index < -0.39 is 6.04 Å². The van der Waals surface area contributed by atoms with Gasteiger partial charge in [0.1, 0.15) is 6.04 Å². The second kappa shape index (κ2) is 7.57. The number of aromatic nitrogens is 2. The van der Waals surface area contributed by atoms with Gasteiger partial charge in [-0.3, -0.25) is 14.4 Å². The van der Waals surface area contributed by atoms with Gasteiger partial charge in [-0.25, -0.2) is 4.68 Å². The molecule has 3 heterocycles. The number of hydrogen-bond donors (Lipinski definition) is 1. The molecule has 1 unspecified atom stereocenters. The van der Waals surface area contributed by atoms with E-state index in [4.69, 9.17) is 15.2 Å². The largest absolute Gasteiger partial charge is 0.454 e. The van der Waals surface area contributed by atoms with Gasteiger partial charge in [-0.2, -0.15) is 5.10 Å². The third-order valence-corrected chi connectivity index (χ3v) is 5.43. The van der Waals surface area contributed by atoms with Gasteiger partial charge in [0.05, 0.1) is 5.69 Å². The first-order valence-electron chi connectivity index (χ1n) is 9.52. The van der Waals surface area contributed by atoms with E-state index in [0.29, 0.717) is 43.1 Å². The van der Waals surface area contributed by atoms with E-state index in [9.17, 15) is 14.4 Å². The first-order valence-corrected chi connectivity index (χ1v) is 9.52. The number of hydrogen-bond acceptors (Lipinski definition) is 6. The molecule has 0 aliphatic carbocycles. The number of likely N-dealkylation sites (tertiary alicyclic amines) is 1. The van der Waals surface area contributed by atoms with Crippen molar-refractivity contribution in [2.45, 2.75) is 25.8 Å². The average Bonchev–Trinajstić information content (AvgIpc) is 3.21. The number of rotatable bonds is 4. The molecule has 2 aromatic rings. The molecule has 1 atom stereocenters. The number of fused-ring (bicyclic) bond motifs is 1. The molecule has 1 aromatic carbocycles. The highest BCUT2D eigenvalue weighted by Crippen LogP contribution is 2.35. The van der Waals surface area contributed by atoms with Gasteiger partial charge in [0.15, 0.2) is 11.5 Å². The van der Waals surface area contributed by atoms with Crippen molar-refractivity contribution in [2.75, 3.05) is 19.9 Å². The third-order valence-electron chi connectivity index (χ3n) is 5.43. The van der Waals surface area contributed by atoms with Crippen LogP contribution in [0.5, 0.6) is 11.5 Å². The van der Waals surface area contributed by atoms with Gasteiger partial charge in [-0.1, -0.05) is 0 Å². The molecule has 2 aliphatic heterocycles. The van der Waals surface area contributed by atoms with Crippen LogP contribution >= 0.6 is 0 Å². The molecular formula is C20H22N4O5. The van der Waals surface area contributed by atoms with Crippen molar-refractivity contribution in [2.24, 2.45) is 11.7 Å². The van der Waals surface area contributed by atoms with E-state index in [0.717, 1.165) is 5.56 Å². The summed E-state index contributed by atoms with van der Waals surface area (Å²) in [5.74, 6) is 0.530. The van der Waals surface area contributed by atoms with E-state index in [-0.39, 0.29) is 30.1 Å². The summed E-state index contributed by atoms with van der Waals surface area (Å²) in [6.07, 6.45) is 1.07. The van der Waals surface area contributed by atoms with Gasteiger partial charge in [0.25, 0.3) is 5.56 Å². The van der Waals surface area contributed by atoms with E-state index >= 15 is 0 Å². The van der Waals surface area contributed by atoms with Crippen LogP contribution in [0.1, 0.15) is 25.8 Å². The van der Waals surface area contributed by atoms with Gasteiger partial charge in [0, 0.05) is 30.6 Å². The second-order valence-corrected chi connectivity index (χ2v) is 7.25. The number of nitrogens with two attached hydrogens (primary N) is 1. The summed E-state index contributed by atoms with van der Waals surface area (Å²) >= 11 is 0. The minimum absolute atomic E-state index is 0.170. The molecule has 0 spiro atoms. The normalized spacial score (nSPS) is 17.2. The fourth-order valence-electron chi connectivity index (χ4n) is 3.67. The molecule has 9 nitrogen and oxygen atoms in total. The summed E-state index contributed by atoms with van der Waals surface area (Å²) in [4.78, 5) is 38.3. The summed E-state index contributed by atoms with van der Waals surface area (Å²) < 4.78 is 11.9. The highest BCUT2D eigenvalue weighted by atomic mass is 16.7. The SMILES string of the molecule is CC(C(=O)N1CCC(C(N)=O)CC1)n1nc(-c2ccc3c(c2)OCO3)ccc1=O. The Morgan fingerprint density at radius 2 is 1.86 bits per heavy atom. The van der Waals surface area contributed by atoms with Crippen LogP contribution in [0.3, 0.4) is 0 Å². The Balaban J connectivity index is 1.55. The van der Waals surface area contributed by atoms with Crippen molar-refractivity contribution in [3.63, 3.8) is 0 Å². The summed E-state index contributed by atoms with van der Waals surface area (Å²) in [5.41, 5.74) is 6.30. The van der Waals surface area contributed by atoms with Crippen LogP contribution in [0.15, 0.2) is 35.1 Å². The van der Waals surface area contributed by atoms with E-state index in [1.54, 1.807) is 30.0 Å². The van der Waals surface area contributed by atoms with Crippen LogP contribution in [-0.2, 0) is 9.59 Å². The van der Waals surface area contributed by atoms with Crippen molar-refractivity contribution in [1.29, 1.82) is 0 Å². The number of ether oxygens (including phenoxy) is 2. The molecule has 2 aliphatic rings. The highest BCUT2D eigenvalue weighted by Gasteiger charge is 2.29. The Hall–Kier alpha value is -3.36. The number of primary amides is 1. The summed E-state index contributed by atoms with van der Waals surface area (Å²) in [6, 6.07) is 7.65. The van der Waals surface area contributed by atoms with Crippen LogP contribution in [-0.4, -0.2) is 46.4 Å². The lowest BCUT2D eigenvalue weighted by atomic mass is 9.96. The van der Waals surface area contributed by atoms with Crippen molar-refractivity contribution < 1.29 is 19.1 Å². The lowest BCUT2D eigenvalue weighted by Gasteiger charge is -2.32. The smallest absolute Gasteiger partial charge is 0.267 e. The van der Waals surface area contributed by atoms with Gasteiger partial charge < -0.3 is 20.1 Å². The van der Waals surface area contributed by atoms with Crippen molar-refractivity contribution in [3.05, 3.63) is 40.7 Å². The van der Waals surface area contributed by atoms with Crippen molar-refractivity contribution in [3.8, 4) is 22.8 Å². The lowest BCUT2D eigenvalue weighted by Crippen LogP contribution is -2.45. The quantitative estimate of drug-likeness (QED) is 0.819. The third kappa shape index (κ3) is 3.67. The molecule has 1 fully saturated rings. The maximum Gasteiger partial charge on any atom is 0.267 e. The minimum Gasteiger partial charge on any atom is -0.454 e. The fraction of sp³-hybridized carbons (Fsp3) is 0.400. The summed E-state index contributed by atoms with van der Waals surface area (Å²) in [6.45, 7) is 2.70. The predicted molar refractivity (Wildman–Crippen MR) is 103 cm³/mol. The fourth-order valence-corrected chi connectivity index (χ4v) is 3.67. The minimum atomic E-state index is -0.762. The number of carbonyl (C=O) groups excluding carboxylic acids is 2. The highest BCUT2D eigenvalue weighted by molar-refractivity contribution is 5.81. The van der Waals surface area contributed by atoms with Gasteiger partial charge in [0.2, 0.25) is 18.6 Å². The van der Waals surface area contributed by atoms with Gasteiger partial charge >= 0.3 is 0 Å². The molecule has 1 aromatic heterocycles. The number of benzene rings is 1. The first-order chi connectivity index (χ1) is 13.9. The van der Waals surface area contributed by atoms with E-state index in [1.807, 2.05) is 6.07 Å². The van der Waals surface area contributed by atoms with Crippen LogP contribution < -0.4 is 20.8 Å². The molecule has 0 bridgehead atoms. The van der Waals surface area contributed by atoms with Crippen LogP contribution in [0.2, 0.25) is 0 Å². The van der Waals surface area contributed by atoms with E-state index in [2.05, 4.69) is 5.10 Å². The van der Waals surface area contributed by atoms with Gasteiger partial charge in [-0.15, -0.1) is 0 Å². The molecule has 0 radical (unpaired) electrons. The first kappa shape index (κ1) is 19.0. The maximum atomic E-state index is 12.9. The van der Waals surface area contributed by atoms with E-state index in [1.165, 1.54) is 10.7 Å². The van der Waals surface area contributed by atoms with Crippen LogP contribution in [0.4, 0.5) is 0 Å². The van der Waals surface area contributed by atoms with Crippen molar-refractivity contribution in [1.82, 2.24) is 14.7 Å². The molecule has 9 heteroatoms. The number of amides is 2. The van der Waals surface area contributed by atoms with Gasteiger partial charge in [-0.05, 0) is 44.0 Å². The Bertz CT molecular complexity index is 1010. The van der Waals surface area contributed by atoms with Crippen LogP contribution in [0.25, 0.3) is 11.3 Å². The number of carbonyl (C=O) groups is 2. The lowest BCUT2D eigenvalue weighted by molar-refractivity contribution is -0.137. The van der Waals surface area contributed by atoms with Crippen LogP contribution in [0, 0.1) is 5.92 Å². The molecule has 1 saturated heterocycles. The summed E-state index contributed by atoms with van der Waals surface area (Å²) in [7, 11) is 0. The molecule has 4 rings (SSSR count). The monoisotopic (exact) mass is 398 g/mol. The standard InChI is InChI=1S/C20H22N4O5/c1-12(20(27)23-8-6-13(7-9-23)19(21)26)24-18(25)5-3-15(22-24)14-2-4-16-17(10-14)29-11-28-16/h2-5,10,12-13H,6-9,11H2,1H3,(H2,21,26). The molecule has 0 saturated carbocycles. The molecule has 152 valence electrons. The molecular weight excluding hydrogens is 376 g/mol. The van der Waals surface area contributed by atoms with Crippen molar-refractivity contribution >= 4 is 11.8 Å². The molecule has 2 N–H and O–H groups in total. The maximum absolute atomic E-state index is 12.9.